The lowest BCUT2D eigenvalue weighted by atomic mass is 10.1. The molecule has 0 radical (unpaired) electrons. The highest BCUT2D eigenvalue weighted by Crippen LogP contribution is 2.07. The number of hydrogen-bond donors (Lipinski definition) is 2. The minimum Gasteiger partial charge on any atom is -0.399 e. The molecule has 0 atom stereocenters. The van der Waals surface area contributed by atoms with Crippen LogP contribution < -0.4 is 5.73 Å². The fourth-order valence-corrected chi connectivity index (χ4v) is 0.969. The van der Waals surface area contributed by atoms with E-state index in [-0.39, 0.29) is 6.61 Å². The zero-order valence-electron chi connectivity index (χ0n) is 6.90. The minimum absolute atomic E-state index is 0.146. The molecule has 1 aromatic carbocycles. The summed E-state index contributed by atoms with van der Waals surface area (Å²) in [6.45, 7) is 0.146. The van der Waals surface area contributed by atoms with Crippen LogP contribution in [0.2, 0.25) is 0 Å². The largest absolute Gasteiger partial charge is 0.399 e. The predicted molar refractivity (Wildman–Crippen MR) is 50.3 cm³/mol. The van der Waals surface area contributed by atoms with E-state index in [1.807, 2.05) is 36.4 Å². The van der Waals surface area contributed by atoms with Crippen LogP contribution in [0, 0.1) is 0 Å². The van der Waals surface area contributed by atoms with Crippen molar-refractivity contribution in [1.82, 2.24) is 0 Å². The molecule has 12 heavy (non-hydrogen) atoms. The number of aliphatic hydroxyl groups excluding tert-OH is 1. The van der Waals surface area contributed by atoms with Gasteiger partial charge in [0.1, 0.15) is 0 Å². The summed E-state index contributed by atoms with van der Waals surface area (Å²) in [6, 6.07) is 9.72. The van der Waals surface area contributed by atoms with Crippen molar-refractivity contribution < 1.29 is 5.11 Å². The Kier molecular flexibility index (Phi) is 3.35. The van der Waals surface area contributed by atoms with Crippen LogP contribution in [0.5, 0.6) is 0 Å². The molecular weight excluding hydrogens is 150 g/mol. The van der Waals surface area contributed by atoms with E-state index < -0.39 is 0 Å². The summed E-state index contributed by atoms with van der Waals surface area (Å²) >= 11 is 0. The van der Waals surface area contributed by atoms with Crippen LogP contribution in [-0.2, 0) is 0 Å². The van der Waals surface area contributed by atoms with Gasteiger partial charge in [-0.2, -0.15) is 0 Å². The van der Waals surface area contributed by atoms with Crippen LogP contribution in [0.3, 0.4) is 0 Å². The monoisotopic (exact) mass is 163 g/mol. The first-order chi connectivity index (χ1) is 5.84. The van der Waals surface area contributed by atoms with E-state index >= 15 is 0 Å². The maximum Gasteiger partial charge on any atom is 0.0466 e. The topological polar surface area (TPSA) is 46.2 Å². The Labute approximate surface area is 72.3 Å². The van der Waals surface area contributed by atoms with E-state index in [2.05, 4.69) is 0 Å². The average Bonchev–Trinajstić information content (AvgIpc) is 2.15. The van der Waals surface area contributed by atoms with E-state index in [0.717, 1.165) is 11.3 Å². The Morgan fingerprint density at radius 3 is 2.58 bits per heavy atom. The molecule has 0 heterocycles. The average molecular weight is 163 g/mol. The molecule has 0 bridgehead atoms. The second-order valence-electron chi connectivity index (χ2n) is 2.54. The first-order valence-electron chi connectivity index (χ1n) is 3.96. The van der Waals surface area contributed by atoms with Gasteiger partial charge >= 0.3 is 0 Å². The highest BCUT2D eigenvalue weighted by atomic mass is 16.2. The summed E-state index contributed by atoms with van der Waals surface area (Å²) in [7, 11) is 0. The Balaban J connectivity index is 2.71. The maximum atomic E-state index is 8.56. The smallest absolute Gasteiger partial charge is 0.0466 e. The molecule has 3 N–H and O–H groups in total. The highest BCUT2D eigenvalue weighted by molar-refractivity contribution is 5.62. The molecule has 0 amide bonds. The fraction of sp³-hybridized carbons (Fsp3) is 0.200. The minimum atomic E-state index is 0.146. The van der Waals surface area contributed by atoms with Gasteiger partial charge in [0, 0.05) is 12.3 Å². The van der Waals surface area contributed by atoms with Crippen molar-refractivity contribution in [2.45, 2.75) is 6.42 Å². The lowest BCUT2D eigenvalue weighted by molar-refractivity contribution is 0.302. The Morgan fingerprint density at radius 1 is 1.33 bits per heavy atom. The van der Waals surface area contributed by atoms with Crippen LogP contribution in [0.4, 0.5) is 0 Å². The number of benzene rings is 1. The van der Waals surface area contributed by atoms with Crippen LogP contribution in [-0.4, -0.2) is 11.7 Å². The molecule has 1 aromatic rings. The zero-order chi connectivity index (χ0) is 8.81. The van der Waals surface area contributed by atoms with Crippen molar-refractivity contribution in [1.29, 1.82) is 0 Å². The SMILES string of the molecule is N/C(=C\CCO)c1ccccc1. The molecule has 64 valence electrons. The summed E-state index contributed by atoms with van der Waals surface area (Å²) in [4.78, 5) is 0. The van der Waals surface area contributed by atoms with Crippen LogP contribution in [0.15, 0.2) is 36.4 Å². The van der Waals surface area contributed by atoms with Gasteiger partial charge in [-0.1, -0.05) is 36.4 Å². The van der Waals surface area contributed by atoms with E-state index in [4.69, 9.17) is 10.8 Å². The third kappa shape index (κ3) is 2.40. The number of nitrogens with two attached hydrogens (primary N) is 1. The van der Waals surface area contributed by atoms with Gasteiger partial charge in [0.15, 0.2) is 0 Å². The summed E-state index contributed by atoms with van der Waals surface area (Å²) < 4.78 is 0. The Morgan fingerprint density at radius 2 is 2.00 bits per heavy atom. The van der Waals surface area contributed by atoms with Gasteiger partial charge in [-0.05, 0) is 12.0 Å². The molecule has 0 saturated carbocycles. The zero-order valence-corrected chi connectivity index (χ0v) is 6.90. The molecule has 1 rings (SSSR count). The first kappa shape index (κ1) is 8.81. The molecule has 0 saturated heterocycles. The van der Waals surface area contributed by atoms with E-state index in [1.54, 1.807) is 0 Å². The van der Waals surface area contributed by atoms with Crippen LogP contribution >= 0.6 is 0 Å². The summed E-state index contributed by atoms with van der Waals surface area (Å²) in [5, 5.41) is 8.56. The third-order valence-corrected chi connectivity index (χ3v) is 1.60. The molecule has 0 aliphatic heterocycles. The van der Waals surface area contributed by atoms with Crippen LogP contribution in [0.25, 0.3) is 5.70 Å². The quantitative estimate of drug-likeness (QED) is 0.707. The molecule has 2 heteroatoms. The van der Waals surface area contributed by atoms with Crippen molar-refractivity contribution in [3.8, 4) is 0 Å². The van der Waals surface area contributed by atoms with Crippen LogP contribution in [0.1, 0.15) is 12.0 Å². The molecule has 0 aliphatic rings. The highest BCUT2D eigenvalue weighted by Gasteiger charge is 1.92. The predicted octanol–water partition coefficient (Wildman–Crippen LogP) is 1.37. The molecule has 0 aromatic heterocycles. The summed E-state index contributed by atoms with van der Waals surface area (Å²) in [5.74, 6) is 0. The molecule has 0 spiro atoms. The Hall–Kier alpha value is -1.28. The standard InChI is InChI=1S/C10H13NO/c11-10(7-4-8-12)9-5-2-1-3-6-9/h1-3,5-7,12H,4,8,11H2/b10-7-. The van der Waals surface area contributed by atoms with Gasteiger partial charge in [-0.25, -0.2) is 0 Å². The number of hydrogen-bond acceptors (Lipinski definition) is 2. The molecule has 0 aliphatic carbocycles. The second-order valence-corrected chi connectivity index (χ2v) is 2.54. The first-order valence-corrected chi connectivity index (χ1v) is 3.96. The maximum absolute atomic E-state index is 8.56. The molecule has 0 unspecified atom stereocenters. The molecule has 2 nitrogen and oxygen atoms in total. The van der Waals surface area contributed by atoms with Gasteiger partial charge in [0.05, 0.1) is 0 Å². The second kappa shape index (κ2) is 4.57. The van der Waals surface area contributed by atoms with Crippen molar-refractivity contribution in [2.75, 3.05) is 6.61 Å². The molecule has 0 fully saturated rings. The van der Waals surface area contributed by atoms with E-state index in [0.29, 0.717) is 6.42 Å². The summed E-state index contributed by atoms with van der Waals surface area (Å²) in [6.07, 6.45) is 2.44. The van der Waals surface area contributed by atoms with Gasteiger partial charge in [0.2, 0.25) is 0 Å². The molecular formula is C10H13NO. The van der Waals surface area contributed by atoms with Gasteiger partial charge < -0.3 is 10.8 Å². The van der Waals surface area contributed by atoms with Crippen molar-refractivity contribution in [3.63, 3.8) is 0 Å². The van der Waals surface area contributed by atoms with Gasteiger partial charge in [0.25, 0.3) is 0 Å². The Bertz CT molecular complexity index is 254. The number of rotatable bonds is 3. The third-order valence-electron chi connectivity index (χ3n) is 1.60. The fourth-order valence-electron chi connectivity index (χ4n) is 0.969. The van der Waals surface area contributed by atoms with Gasteiger partial charge in [-0.15, -0.1) is 0 Å². The van der Waals surface area contributed by atoms with Crippen molar-refractivity contribution in [3.05, 3.63) is 42.0 Å². The van der Waals surface area contributed by atoms with Crippen molar-refractivity contribution >= 4 is 5.70 Å². The summed E-state index contributed by atoms with van der Waals surface area (Å²) in [5.41, 5.74) is 7.46. The van der Waals surface area contributed by atoms with E-state index in [9.17, 15) is 0 Å². The normalized spacial score (nSPS) is 11.6. The lowest BCUT2D eigenvalue weighted by Gasteiger charge is -1.99. The lowest BCUT2D eigenvalue weighted by Crippen LogP contribution is -1.96. The van der Waals surface area contributed by atoms with Gasteiger partial charge in [-0.3, -0.25) is 0 Å². The number of aliphatic hydroxyl groups is 1. The van der Waals surface area contributed by atoms with Crippen molar-refractivity contribution in [2.24, 2.45) is 5.73 Å². The van der Waals surface area contributed by atoms with E-state index in [1.165, 1.54) is 0 Å².